The number of phenolic OH excluding ortho intramolecular Hbond substituents is 1. The van der Waals surface area contributed by atoms with Crippen LogP contribution in [0.15, 0.2) is 49.3 Å². The molecule has 1 aromatic carbocycles. The van der Waals surface area contributed by atoms with E-state index >= 15 is 0 Å². The average molecular weight is 227 g/mol. The van der Waals surface area contributed by atoms with Crippen molar-refractivity contribution in [2.24, 2.45) is 0 Å². The Morgan fingerprint density at radius 3 is 2.47 bits per heavy atom. The Hall–Kier alpha value is -2.29. The highest BCUT2D eigenvalue weighted by atomic mass is 16.5. The zero-order chi connectivity index (χ0) is 12.3. The predicted octanol–water partition coefficient (Wildman–Crippen LogP) is 2.86. The summed E-state index contributed by atoms with van der Waals surface area (Å²) >= 11 is 0. The van der Waals surface area contributed by atoms with E-state index in [1.54, 1.807) is 24.5 Å². The monoisotopic (exact) mass is 227 g/mol. The fourth-order valence-corrected chi connectivity index (χ4v) is 1.60. The van der Waals surface area contributed by atoms with Gasteiger partial charge in [-0.2, -0.15) is 0 Å². The number of aromatic hydroxyl groups is 1. The molecule has 0 amide bonds. The number of benzene rings is 1. The van der Waals surface area contributed by atoms with Gasteiger partial charge in [0.25, 0.3) is 0 Å². The van der Waals surface area contributed by atoms with Gasteiger partial charge in [-0.15, -0.1) is 0 Å². The van der Waals surface area contributed by atoms with Crippen molar-refractivity contribution in [3.8, 4) is 11.5 Å². The molecule has 0 aliphatic heterocycles. The average Bonchev–Trinajstić information content (AvgIpc) is 2.39. The van der Waals surface area contributed by atoms with Gasteiger partial charge in [-0.3, -0.25) is 4.98 Å². The molecule has 0 aliphatic rings. The summed E-state index contributed by atoms with van der Waals surface area (Å²) in [7, 11) is 1.52. The quantitative estimate of drug-likeness (QED) is 0.876. The number of hydrogen-bond acceptors (Lipinski definition) is 3. The fraction of sp³-hybridized carbons (Fsp3) is 0.0714. The van der Waals surface area contributed by atoms with Gasteiger partial charge in [-0.1, -0.05) is 12.6 Å². The summed E-state index contributed by atoms with van der Waals surface area (Å²) in [6.45, 7) is 4.01. The van der Waals surface area contributed by atoms with Crippen molar-refractivity contribution in [3.63, 3.8) is 0 Å². The Morgan fingerprint density at radius 1 is 1.18 bits per heavy atom. The minimum Gasteiger partial charge on any atom is -0.504 e. The maximum Gasteiger partial charge on any atom is 0.160 e. The van der Waals surface area contributed by atoms with Gasteiger partial charge >= 0.3 is 0 Å². The molecular formula is C14H13NO2. The first-order chi connectivity index (χ1) is 8.22. The second-order valence-corrected chi connectivity index (χ2v) is 3.60. The zero-order valence-corrected chi connectivity index (χ0v) is 9.55. The van der Waals surface area contributed by atoms with E-state index in [0.29, 0.717) is 5.75 Å². The molecule has 0 unspecified atom stereocenters. The molecule has 0 aliphatic carbocycles. The molecule has 2 aromatic rings. The highest BCUT2D eigenvalue weighted by Crippen LogP contribution is 2.30. The SMILES string of the molecule is C=C(c1ccncc1)c1ccc(OC)c(O)c1. The lowest BCUT2D eigenvalue weighted by Gasteiger charge is -2.08. The van der Waals surface area contributed by atoms with Crippen molar-refractivity contribution in [2.75, 3.05) is 7.11 Å². The van der Waals surface area contributed by atoms with Crippen molar-refractivity contribution < 1.29 is 9.84 Å². The number of rotatable bonds is 3. The minimum absolute atomic E-state index is 0.111. The van der Waals surface area contributed by atoms with Crippen molar-refractivity contribution >= 4 is 5.57 Å². The third-order valence-corrected chi connectivity index (χ3v) is 2.56. The van der Waals surface area contributed by atoms with Crippen LogP contribution in [0.2, 0.25) is 0 Å². The maximum atomic E-state index is 9.71. The largest absolute Gasteiger partial charge is 0.504 e. The van der Waals surface area contributed by atoms with Crippen LogP contribution in [0.4, 0.5) is 0 Å². The van der Waals surface area contributed by atoms with Gasteiger partial charge in [-0.25, -0.2) is 0 Å². The van der Waals surface area contributed by atoms with Crippen LogP contribution in [0, 0.1) is 0 Å². The van der Waals surface area contributed by atoms with Gasteiger partial charge in [0.15, 0.2) is 11.5 Å². The molecule has 86 valence electrons. The molecule has 0 radical (unpaired) electrons. The minimum atomic E-state index is 0.111. The number of aromatic nitrogens is 1. The van der Waals surface area contributed by atoms with E-state index in [0.717, 1.165) is 16.7 Å². The summed E-state index contributed by atoms with van der Waals surface area (Å²) in [6.07, 6.45) is 3.42. The van der Waals surface area contributed by atoms with E-state index in [-0.39, 0.29) is 5.75 Å². The molecule has 2 rings (SSSR count). The third-order valence-electron chi connectivity index (χ3n) is 2.56. The van der Waals surface area contributed by atoms with E-state index in [1.807, 2.05) is 18.2 Å². The number of ether oxygens (including phenoxy) is 1. The van der Waals surface area contributed by atoms with Crippen LogP contribution >= 0.6 is 0 Å². The molecule has 0 fully saturated rings. The molecule has 0 atom stereocenters. The summed E-state index contributed by atoms with van der Waals surface area (Å²) in [6, 6.07) is 8.98. The van der Waals surface area contributed by atoms with Crippen LogP contribution in [0.25, 0.3) is 5.57 Å². The normalized spacial score (nSPS) is 9.94. The van der Waals surface area contributed by atoms with E-state index in [1.165, 1.54) is 7.11 Å². The molecular weight excluding hydrogens is 214 g/mol. The van der Waals surface area contributed by atoms with Gasteiger partial charge in [-0.05, 0) is 41.0 Å². The Morgan fingerprint density at radius 2 is 1.88 bits per heavy atom. The molecule has 17 heavy (non-hydrogen) atoms. The second kappa shape index (κ2) is 4.70. The molecule has 0 spiro atoms. The van der Waals surface area contributed by atoms with Crippen LogP contribution in [-0.2, 0) is 0 Å². The lowest BCUT2D eigenvalue weighted by atomic mass is 10.0. The Balaban J connectivity index is 2.35. The summed E-state index contributed by atoms with van der Waals surface area (Å²) in [5.41, 5.74) is 2.67. The zero-order valence-electron chi connectivity index (χ0n) is 9.55. The predicted molar refractivity (Wildman–Crippen MR) is 67.0 cm³/mol. The van der Waals surface area contributed by atoms with Crippen LogP contribution in [-0.4, -0.2) is 17.2 Å². The maximum absolute atomic E-state index is 9.71. The van der Waals surface area contributed by atoms with Crippen LogP contribution in [0.1, 0.15) is 11.1 Å². The number of nitrogens with zero attached hydrogens (tertiary/aromatic N) is 1. The number of hydrogen-bond donors (Lipinski definition) is 1. The lowest BCUT2D eigenvalue weighted by molar-refractivity contribution is 0.373. The van der Waals surface area contributed by atoms with Gasteiger partial charge in [0.2, 0.25) is 0 Å². The summed E-state index contributed by atoms with van der Waals surface area (Å²) < 4.78 is 5.00. The molecule has 1 N–H and O–H groups in total. The fourth-order valence-electron chi connectivity index (χ4n) is 1.60. The first-order valence-electron chi connectivity index (χ1n) is 5.19. The smallest absolute Gasteiger partial charge is 0.160 e. The van der Waals surface area contributed by atoms with Crippen molar-refractivity contribution in [1.82, 2.24) is 4.98 Å². The van der Waals surface area contributed by atoms with E-state index in [9.17, 15) is 5.11 Å². The molecule has 1 heterocycles. The van der Waals surface area contributed by atoms with Gasteiger partial charge < -0.3 is 9.84 Å². The highest BCUT2D eigenvalue weighted by Gasteiger charge is 2.06. The summed E-state index contributed by atoms with van der Waals surface area (Å²) in [5.74, 6) is 0.566. The first-order valence-corrected chi connectivity index (χ1v) is 5.19. The molecule has 3 heteroatoms. The van der Waals surface area contributed by atoms with Crippen LogP contribution < -0.4 is 4.74 Å². The van der Waals surface area contributed by atoms with Crippen molar-refractivity contribution in [2.45, 2.75) is 0 Å². The van der Waals surface area contributed by atoms with Crippen LogP contribution in [0.3, 0.4) is 0 Å². The summed E-state index contributed by atoms with van der Waals surface area (Å²) in [5, 5.41) is 9.71. The Kier molecular flexibility index (Phi) is 3.10. The first kappa shape index (κ1) is 11.2. The number of methoxy groups -OCH3 is 1. The van der Waals surface area contributed by atoms with Crippen molar-refractivity contribution in [3.05, 3.63) is 60.4 Å². The molecule has 0 saturated carbocycles. The number of phenols is 1. The number of pyridine rings is 1. The van der Waals surface area contributed by atoms with Crippen LogP contribution in [0.5, 0.6) is 11.5 Å². The highest BCUT2D eigenvalue weighted by molar-refractivity contribution is 5.78. The molecule has 1 aromatic heterocycles. The lowest BCUT2D eigenvalue weighted by Crippen LogP contribution is -1.89. The topological polar surface area (TPSA) is 42.4 Å². The van der Waals surface area contributed by atoms with Gasteiger partial charge in [0.05, 0.1) is 7.11 Å². The molecule has 3 nitrogen and oxygen atoms in total. The Bertz CT molecular complexity index is 535. The second-order valence-electron chi connectivity index (χ2n) is 3.60. The molecule has 0 saturated heterocycles. The Labute approximate surface area is 100 Å². The van der Waals surface area contributed by atoms with Gasteiger partial charge in [0, 0.05) is 12.4 Å². The summed E-state index contributed by atoms with van der Waals surface area (Å²) in [4.78, 5) is 3.96. The standard InChI is InChI=1S/C14H13NO2/c1-10(11-5-7-15-8-6-11)12-3-4-14(17-2)13(16)9-12/h3-9,16H,1H2,2H3. The van der Waals surface area contributed by atoms with E-state index in [2.05, 4.69) is 11.6 Å². The van der Waals surface area contributed by atoms with Crippen molar-refractivity contribution in [1.29, 1.82) is 0 Å². The van der Waals surface area contributed by atoms with E-state index < -0.39 is 0 Å². The van der Waals surface area contributed by atoms with Gasteiger partial charge in [0.1, 0.15) is 0 Å². The molecule has 0 bridgehead atoms. The third kappa shape index (κ3) is 2.28. The van der Waals surface area contributed by atoms with E-state index in [4.69, 9.17) is 4.74 Å².